The summed E-state index contributed by atoms with van der Waals surface area (Å²) in [7, 11) is -3.39. The molecule has 1 aromatic rings. The summed E-state index contributed by atoms with van der Waals surface area (Å²) in [4.78, 5) is 0.331. The zero-order valence-corrected chi connectivity index (χ0v) is 14.0. The lowest BCUT2D eigenvalue weighted by Crippen LogP contribution is -2.29. The molecule has 114 valence electrons. The van der Waals surface area contributed by atoms with Crippen molar-refractivity contribution >= 4 is 21.8 Å². The first-order chi connectivity index (χ1) is 9.49. The smallest absolute Gasteiger partial charge is 0.240 e. The van der Waals surface area contributed by atoms with E-state index in [1.807, 2.05) is 25.3 Å². The third kappa shape index (κ3) is 5.83. The van der Waals surface area contributed by atoms with Gasteiger partial charge in [-0.25, -0.2) is 13.1 Å². The Hall–Kier alpha value is -0.560. The first-order valence-corrected chi connectivity index (χ1v) is 9.58. The number of thioether (sulfide) groups is 1. The van der Waals surface area contributed by atoms with Crippen LogP contribution in [0.4, 0.5) is 0 Å². The normalized spacial score (nSPS) is 13.3. The first-order valence-electron chi connectivity index (χ1n) is 6.81. The molecule has 0 bridgehead atoms. The molecule has 0 saturated heterocycles. The predicted octanol–water partition coefficient (Wildman–Crippen LogP) is 1.87. The minimum atomic E-state index is -3.39. The van der Waals surface area contributed by atoms with Crippen LogP contribution in [0.3, 0.4) is 0 Å². The molecule has 20 heavy (non-hydrogen) atoms. The summed E-state index contributed by atoms with van der Waals surface area (Å²) in [6.45, 7) is 6.37. The van der Waals surface area contributed by atoms with Gasteiger partial charge in [-0.15, -0.1) is 0 Å². The third-order valence-electron chi connectivity index (χ3n) is 3.04. The van der Waals surface area contributed by atoms with Crippen molar-refractivity contribution in [1.82, 2.24) is 10.0 Å². The van der Waals surface area contributed by atoms with Crippen molar-refractivity contribution in [3.05, 3.63) is 29.8 Å². The minimum Gasteiger partial charge on any atom is -0.317 e. The number of rotatable bonds is 9. The van der Waals surface area contributed by atoms with E-state index in [9.17, 15) is 8.42 Å². The second-order valence-corrected chi connectivity index (χ2v) is 7.69. The van der Waals surface area contributed by atoms with Crippen molar-refractivity contribution in [1.29, 1.82) is 0 Å². The maximum Gasteiger partial charge on any atom is 0.240 e. The maximum absolute atomic E-state index is 12.1. The summed E-state index contributed by atoms with van der Waals surface area (Å²) in [5.74, 6) is 0. The molecule has 0 heterocycles. The van der Waals surface area contributed by atoms with Gasteiger partial charge in [0.1, 0.15) is 0 Å². The lowest BCUT2D eigenvalue weighted by molar-refractivity contribution is 0.581. The molecule has 0 aliphatic carbocycles. The van der Waals surface area contributed by atoms with E-state index >= 15 is 0 Å². The van der Waals surface area contributed by atoms with E-state index in [1.54, 1.807) is 23.9 Å². The SMILES string of the molecule is CCNCCc1ccc(S(=O)(=O)NCC(C)SC)cc1. The highest BCUT2D eigenvalue weighted by Gasteiger charge is 2.14. The molecule has 2 N–H and O–H groups in total. The number of hydrogen-bond acceptors (Lipinski definition) is 4. The molecule has 0 fully saturated rings. The zero-order chi connectivity index (χ0) is 15.0. The van der Waals surface area contributed by atoms with E-state index in [-0.39, 0.29) is 5.25 Å². The van der Waals surface area contributed by atoms with Crippen LogP contribution in [-0.4, -0.2) is 39.6 Å². The molecule has 0 amide bonds. The average molecular weight is 316 g/mol. The van der Waals surface area contributed by atoms with E-state index < -0.39 is 10.0 Å². The van der Waals surface area contributed by atoms with Gasteiger partial charge in [-0.3, -0.25) is 0 Å². The fourth-order valence-electron chi connectivity index (χ4n) is 1.64. The summed E-state index contributed by atoms with van der Waals surface area (Å²) >= 11 is 1.64. The predicted molar refractivity (Wildman–Crippen MR) is 86.9 cm³/mol. The van der Waals surface area contributed by atoms with Crippen LogP contribution in [0.2, 0.25) is 0 Å². The van der Waals surface area contributed by atoms with Gasteiger partial charge in [-0.2, -0.15) is 11.8 Å². The lowest BCUT2D eigenvalue weighted by Gasteiger charge is -2.11. The Morgan fingerprint density at radius 3 is 2.45 bits per heavy atom. The van der Waals surface area contributed by atoms with Crippen LogP contribution in [-0.2, 0) is 16.4 Å². The van der Waals surface area contributed by atoms with Gasteiger partial charge in [0.15, 0.2) is 0 Å². The van der Waals surface area contributed by atoms with Gasteiger partial charge < -0.3 is 5.32 Å². The Morgan fingerprint density at radius 2 is 1.90 bits per heavy atom. The Bertz CT molecular complexity index is 486. The van der Waals surface area contributed by atoms with Crippen LogP contribution in [0.25, 0.3) is 0 Å². The quantitative estimate of drug-likeness (QED) is 0.683. The van der Waals surface area contributed by atoms with Crippen LogP contribution in [0.1, 0.15) is 19.4 Å². The van der Waals surface area contributed by atoms with E-state index in [0.29, 0.717) is 11.4 Å². The van der Waals surface area contributed by atoms with Crippen LogP contribution in [0, 0.1) is 0 Å². The molecule has 0 spiro atoms. The van der Waals surface area contributed by atoms with Gasteiger partial charge in [0.05, 0.1) is 4.90 Å². The molecule has 4 nitrogen and oxygen atoms in total. The maximum atomic E-state index is 12.1. The summed E-state index contributed by atoms with van der Waals surface area (Å²) in [6, 6.07) is 7.11. The van der Waals surface area contributed by atoms with Crippen LogP contribution < -0.4 is 10.0 Å². The third-order valence-corrected chi connectivity index (χ3v) is 5.45. The van der Waals surface area contributed by atoms with Gasteiger partial charge in [0, 0.05) is 11.8 Å². The van der Waals surface area contributed by atoms with E-state index in [4.69, 9.17) is 0 Å². The van der Waals surface area contributed by atoms with Crippen LogP contribution in [0.15, 0.2) is 29.2 Å². The minimum absolute atomic E-state index is 0.268. The van der Waals surface area contributed by atoms with E-state index in [1.165, 1.54) is 0 Å². The lowest BCUT2D eigenvalue weighted by atomic mass is 10.1. The van der Waals surface area contributed by atoms with Gasteiger partial charge in [0.2, 0.25) is 10.0 Å². The summed E-state index contributed by atoms with van der Waals surface area (Å²) < 4.78 is 26.8. The second-order valence-electron chi connectivity index (χ2n) is 4.65. The first kappa shape index (κ1) is 17.5. The largest absolute Gasteiger partial charge is 0.317 e. The number of sulfonamides is 1. The number of benzene rings is 1. The molecular formula is C14H24N2O2S2. The highest BCUT2D eigenvalue weighted by molar-refractivity contribution is 7.99. The summed E-state index contributed by atoms with van der Waals surface area (Å²) in [6.07, 6.45) is 2.88. The van der Waals surface area contributed by atoms with Crippen molar-refractivity contribution in [3.8, 4) is 0 Å². The monoisotopic (exact) mass is 316 g/mol. The standard InChI is InChI=1S/C14H24N2O2S2/c1-4-15-10-9-13-5-7-14(8-6-13)20(17,18)16-11-12(2)19-3/h5-8,12,15-16H,4,9-11H2,1-3H3. The van der Waals surface area contributed by atoms with Crippen molar-refractivity contribution in [2.75, 3.05) is 25.9 Å². The number of nitrogens with one attached hydrogen (secondary N) is 2. The Labute approximate surface area is 126 Å². The van der Waals surface area contributed by atoms with Crippen LogP contribution in [0.5, 0.6) is 0 Å². The zero-order valence-electron chi connectivity index (χ0n) is 12.3. The van der Waals surface area contributed by atoms with Gasteiger partial charge in [-0.05, 0) is 43.5 Å². The molecule has 0 radical (unpaired) electrons. The highest BCUT2D eigenvalue weighted by atomic mass is 32.2. The van der Waals surface area contributed by atoms with Gasteiger partial charge >= 0.3 is 0 Å². The molecule has 0 aliphatic heterocycles. The fourth-order valence-corrected chi connectivity index (χ4v) is 3.12. The summed E-state index contributed by atoms with van der Waals surface area (Å²) in [5.41, 5.74) is 1.14. The molecule has 6 heteroatoms. The molecule has 1 atom stereocenters. The molecular weight excluding hydrogens is 292 g/mol. The van der Waals surface area contributed by atoms with E-state index in [0.717, 1.165) is 25.1 Å². The summed E-state index contributed by atoms with van der Waals surface area (Å²) in [5, 5.41) is 3.52. The molecule has 1 rings (SSSR count). The number of likely N-dealkylation sites (N-methyl/N-ethyl adjacent to an activating group) is 1. The van der Waals surface area contributed by atoms with Crippen molar-refractivity contribution < 1.29 is 8.42 Å². The number of hydrogen-bond donors (Lipinski definition) is 2. The van der Waals surface area contributed by atoms with Crippen molar-refractivity contribution in [3.63, 3.8) is 0 Å². The Balaban J connectivity index is 2.62. The van der Waals surface area contributed by atoms with E-state index in [2.05, 4.69) is 17.0 Å². The van der Waals surface area contributed by atoms with Gasteiger partial charge in [-0.1, -0.05) is 26.0 Å². The van der Waals surface area contributed by atoms with Crippen molar-refractivity contribution in [2.45, 2.75) is 30.4 Å². The molecule has 0 aromatic heterocycles. The van der Waals surface area contributed by atoms with Crippen LogP contribution >= 0.6 is 11.8 Å². The average Bonchev–Trinajstić information content (AvgIpc) is 2.45. The topological polar surface area (TPSA) is 58.2 Å². The fraction of sp³-hybridized carbons (Fsp3) is 0.571. The molecule has 0 aliphatic rings. The van der Waals surface area contributed by atoms with Gasteiger partial charge in [0.25, 0.3) is 0 Å². The molecule has 0 saturated carbocycles. The van der Waals surface area contributed by atoms with Crippen molar-refractivity contribution in [2.24, 2.45) is 0 Å². The molecule has 1 unspecified atom stereocenters. The highest BCUT2D eigenvalue weighted by Crippen LogP contribution is 2.12. The Kier molecular flexibility index (Phi) is 7.58. The molecule has 1 aromatic carbocycles. The Morgan fingerprint density at radius 1 is 1.25 bits per heavy atom. The second kappa shape index (κ2) is 8.67.